The monoisotopic (exact) mass is 123 g/mol. The molecule has 0 aliphatic rings. The third-order valence-electron chi connectivity index (χ3n) is 0.856. The maximum absolute atomic E-state index is 9.64. The van der Waals surface area contributed by atoms with Crippen molar-refractivity contribution >= 4 is 11.9 Å². The van der Waals surface area contributed by atoms with Crippen LogP contribution in [0.4, 0.5) is 5.82 Å². The number of isocyanates is 1. The summed E-state index contributed by atoms with van der Waals surface area (Å²) < 4.78 is 0. The number of aliphatic imine (C=N–C) groups is 1. The van der Waals surface area contributed by atoms with Crippen molar-refractivity contribution in [2.45, 2.75) is 6.92 Å². The number of H-pyrrole nitrogens is 1. The maximum atomic E-state index is 9.64. The van der Waals surface area contributed by atoms with Crippen LogP contribution in [0.25, 0.3) is 0 Å². The SMILES string of the molecule is Cc1ncc(N=C=O)[nH]1. The van der Waals surface area contributed by atoms with E-state index in [9.17, 15) is 4.79 Å². The average molecular weight is 123 g/mol. The molecule has 46 valence electrons. The number of hydrogen-bond acceptors (Lipinski definition) is 3. The molecule has 4 nitrogen and oxygen atoms in total. The lowest BCUT2D eigenvalue weighted by Crippen LogP contribution is -1.68. The zero-order chi connectivity index (χ0) is 6.69. The zero-order valence-corrected chi connectivity index (χ0v) is 4.88. The fourth-order valence-corrected chi connectivity index (χ4v) is 0.514. The first kappa shape index (κ1) is 5.72. The number of aryl methyl sites for hydroxylation is 1. The number of rotatable bonds is 1. The van der Waals surface area contributed by atoms with E-state index < -0.39 is 0 Å². The van der Waals surface area contributed by atoms with Gasteiger partial charge < -0.3 is 4.98 Å². The molecule has 0 aromatic carbocycles. The summed E-state index contributed by atoms with van der Waals surface area (Å²) in [5.41, 5.74) is 0. The van der Waals surface area contributed by atoms with Crippen LogP contribution in [-0.2, 0) is 4.79 Å². The van der Waals surface area contributed by atoms with Gasteiger partial charge in [-0.1, -0.05) is 0 Å². The van der Waals surface area contributed by atoms with Gasteiger partial charge in [0.25, 0.3) is 0 Å². The number of carbonyl (C=O) groups excluding carboxylic acids is 1. The Morgan fingerprint density at radius 2 is 2.67 bits per heavy atom. The van der Waals surface area contributed by atoms with E-state index >= 15 is 0 Å². The highest BCUT2D eigenvalue weighted by Crippen LogP contribution is 2.03. The Balaban J connectivity index is 2.97. The minimum Gasteiger partial charge on any atom is -0.327 e. The predicted octanol–water partition coefficient (Wildman–Crippen LogP) is 0.685. The molecule has 0 unspecified atom stereocenters. The smallest absolute Gasteiger partial charge is 0.242 e. The van der Waals surface area contributed by atoms with Gasteiger partial charge in [0.15, 0.2) is 5.82 Å². The van der Waals surface area contributed by atoms with Gasteiger partial charge in [-0.05, 0) is 6.92 Å². The molecule has 0 atom stereocenters. The first-order chi connectivity index (χ1) is 4.33. The van der Waals surface area contributed by atoms with Crippen molar-refractivity contribution in [1.82, 2.24) is 9.97 Å². The summed E-state index contributed by atoms with van der Waals surface area (Å²) in [5, 5.41) is 0. The van der Waals surface area contributed by atoms with Crippen LogP contribution in [0.5, 0.6) is 0 Å². The second-order valence-corrected chi connectivity index (χ2v) is 1.56. The largest absolute Gasteiger partial charge is 0.327 e. The molecule has 0 bridgehead atoms. The lowest BCUT2D eigenvalue weighted by Gasteiger charge is -1.75. The Hall–Kier alpha value is -1.41. The molecule has 0 saturated heterocycles. The number of nitrogens with one attached hydrogen (secondary N) is 1. The number of hydrogen-bond donors (Lipinski definition) is 1. The van der Waals surface area contributed by atoms with Gasteiger partial charge in [0, 0.05) is 0 Å². The van der Waals surface area contributed by atoms with E-state index in [0.29, 0.717) is 5.82 Å². The molecule has 0 aliphatic heterocycles. The molecular weight excluding hydrogens is 118 g/mol. The van der Waals surface area contributed by atoms with Crippen molar-refractivity contribution in [2.75, 3.05) is 0 Å². The third-order valence-corrected chi connectivity index (χ3v) is 0.856. The fraction of sp³-hybridized carbons (Fsp3) is 0.200. The molecule has 0 radical (unpaired) electrons. The van der Waals surface area contributed by atoms with Crippen molar-refractivity contribution in [2.24, 2.45) is 4.99 Å². The van der Waals surface area contributed by atoms with Crippen molar-refractivity contribution in [1.29, 1.82) is 0 Å². The molecule has 0 fully saturated rings. The second-order valence-electron chi connectivity index (χ2n) is 1.56. The van der Waals surface area contributed by atoms with Crippen LogP contribution in [0, 0.1) is 6.92 Å². The van der Waals surface area contributed by atoms with Crippen molar-refractivity contribution in [3.05, 3.63) is 12.0 Å². The average Bonchev–Trinajstić information content (AvgIpc) is 2.17. The van der Waals surface area contributed by atoms with E-state index in [1.807, 2.05) is 0 Å². The van der Waals surface area contributed by atoms with Crippen LogP contribution in [0.15, 0.2) is 11.2 Å². The lowest BCUT2D eigenvalue weighted by molar-refractivity contribution is 0.565. The van der Waals surface area contributed by atoms with Gasteiger partial charge in [-0.25, -0.2) is 9.78 Å². The Morgan fingerprint density at radius 1 is 1.89 bits per heavy atom. The zero-order valence-electron chi connectivity index (χ0n) is 4.88. The Labute approximate surface area is 51.6 Å². The van der Waals surface area contributed by atoms with Crippen LogP contribution < -0.4 is 0 Å². The summed E-state index contributed by atoms with van der Waals surface area (Å²) in [7, 11) is 0. The molecule has 4 heteroatoms. The molecule has 1 N–H and O–H groups in total. The fourth-order valence-electron chi connectivity index (χ4n) is 0.514. The summed E-state index contributed by atoms with van der Waals surface area (Å²) in [4.78, 5) is 19.5. The third kappa shape index (κ3) is 1.24. The van der Waals surface area contributed by atoms with Crippen LogP contribution in [0.2, 0.25) is 0 Å². The number of imidazole rings is 1. The highest BCUT2D eigenvalue weighted by atomic mass is 16.1. The molecule has 0 saturated carbocycles. The summed E-state index contributed by atoms with van der Waals surface area (Å²) in [6.07, 6.45) is 2.87. The molecule has 1 aromatic heterocycles. The standard InChI is InChI=1S/C5H5N3O/c1-4-6-2-5(8-4)7-3-9/h2H,1H3,(H,6,8). The van der Waals surface area contributed by atoms with E-state index in [1.165, 1.54) is 12.3 Å². The van der Waals surface area contributed by atoms with E-state index in [1.54, 1.807) is 6.92 Å². The summed E-state index contributed by atoms with van der Waals surface area (Å²) in [5.74, 6) is 1.19. The van der Waals surface area contributed by atoms with Crippen LogP contribution in [0.1, 0.15) is 5.82 Å². The van der Waals surface area contributed by atoms with Gasteiger partial charge in [-0.3, -0.25) is 0 Å². The summed E-state index contributed by atoms with van der Waals surface area (Å²) >= 11 is 0. The normalized spacial score (nSPS) is 8.56. The van der Waals surface area contributed by atoms with Gasteiger partial charge in [0.1, 0.15) is 5.82 Å². The van der Waals surface area contributed by atoms with Crippen molar-refractivity contribution in [3.63, 3.8) is 0 Å². The maximum Gasteiger partial charge on any atom is 0.242 e. The van der Waals surface area contributed by atoms with Crippen LogP contribution >= 0.6 is 0 Å². The Kier molecular flexibility index (Phi) is 1.42. The van der Waals surface area contributed by atoms with Crippen molar-refractivity contribution < 1.29 is 4.79 Å². The van der Waals surface area contributed by atoms with E-state index in [4.69, 9.17) is 0 Å². The molecule has 1 heterocycles. The molecular formula is C5H5N3O. The highest BCUT2D eigenvalue weighted by molar-refractivity contribution is 5.43. The van der Waals surface area contributed by atoms with E-state index in [2.05, 4.69) is 15.0 Å². The van der Waals surface area contributed by atoms with Crippen LogP contribution in [0.3, 0.4) is 0 Å². The van der Waals surface area contributed by atoms with Gasteiger partial charge in [0.05, 0.1) is 6.20 Å². The van der Waals surface area contributed by atoms with Gasteiger partial charge in [0.2, 0.25) is 6.08 Å². The van der Waals surface area contributed by atoms with Gasteiger partial charge in [-0.15, -0.1) is 4.99 Å². The second kappa shape index (κ2) is 2.24. The topological polar surface area (TPSA) is 58.1 Å². The van der Waals surface area contributed by atoms with E-state index in [-0.39, 0.29) is 0 Å². The first-order valence-electron chi connectivity index (χ1n) is 2.42. The van der Waals surface area contributed by atoms with Crippen molar-refractivity contribution in [3.8, 4) is 0 Å². The quantitative estimate of drug-likeness (QED) is 0.441. The minimum atomic E-state index is 0.447. The van der Waals surface area contributed by atoms with E-state index in [0.717, 1.165) is 5.82 Å². The molecule has 0 aliphatic carbocycles. The number of aromatic amines is 1. The summed E-state index contributed by atoms with van der Waals surface area (Å²) in [6.45, 7) is 1.78. The van der Waals surface area contributed by atoms with Gasteiger partial charge >= 0.3 is 0 Å². The molecule has 1 rings (SSSR count). The van der Waals surface area contributed by atoms with Crippen LogP contribution in [-0.4, -0.2) is 16.0 Å². The number of nitrogens with zero attached hydrogens (tertiary/aromatic N) is 2. The molecule has 9 heavy (non-hydrogen) atoms. The summed E-state index contributed by atoms with van der Waals surface area (Å²) in [6, 6.07) is 0. The molecule has 0 spiro atoms. The minimum absolute atomic E-state index is 0.447. The highest BCUT2D eigenvalue weighted by Gasteiger charge is 1.89. The number of aromatic nitrogens is 2. The Morgan fingerprint density at radius 3 is 3.11 bits per heavy atom. The molecule has 1 aromatic rings. The Bertz CT molecular complexity index is 246. The predicted molar refractivity (Wildman–Crippen MR) is 31.1 cm³/mol. The van der Waals surface area contributed by atoms with Gasteiger partial charge in [-0.2, -0.15) is 0 Å². The lowest BCUT2D eigenvalue weighted by atomic mass is 10.7. The molecule has 0 amide bonds. The first-order valence-corrected chi connectivity index (χ1v) is 2.42.